The van der Waals surface area contributed by atoms with Crippen molar-refractivity contribution in [1.29, 1.82) is 0 Å². The van der Waals surface area contributed by atoms with Gasteiger partial charge in [-0.25, -0.2) is 17.7 Å². The van der Waals surface area contributed by atoms with Gasteiger partial charge in [0, 0.05) is 31.7 Å². The van der Waals surface area contributed by atoms with Gasteiger partial charge in [-0.3, -0.25) is 0 Å². The molecule has 136 valence electrons. The van der Waals surface area contributed by atoms with Crippen LogP contribution in [0.4, 0.5) is 0 Å². The Morgan fingerprint density at radius 2 is 2.17 bits per heavy atom. The van der Waals surface area contributed by atoms with Crippen LogP contribution in [-0.4, -0.2) is 55.3 Å². The molecule has 1 aromatic heterocycles. The summed E-state index contributed by atoms with van der Waals surface area (Å²) >= 11 is 0. The van der Waals surface area contributed by atoms with Crippen LogP contribution in [0.15, 0.2) is 21.8 Å². The maximum Gasteiger partial charge on any atom is 0.214 e. The molecule has 1 saturated heterocycles. The monoisotopic (exact) mass is 357 g/mol. The maximum atomic E-state index is 12.1. The molecule has 0 bridgehead atoms. The molecule has 0 saturated carbocycles. The van der Waals surface area contributed by atoms with Gasteiger partial charge >= 0.3 is 0 Å². The van der Waals surface area contributed by atoms with Crippen LogP contribution >= 0.6 is 0 Å². The Morgan fingerprint density at radius 3 is 2.75 bits per heavy atom. The summed E-state index contributed by atoms with van der Waals surface area (Å²) in [5, 5.41) is 10.4. The minimum absolute atomic E-state index is 0.216. The van der Waals surface area contributed by atoms with E-state index >= 15 is 0 Å². The normalized spacial score (nSPS) is 17.8. The second-order valence-corrected chi connectivity index (χ2v) is 7.91. The second kappa shape index (κ2) is 9.03. The van der Waals surface area contributed by atoms with E-state index in [1.165, 1.54) is 6.26 Å². The zero-order chi connectivity index (χ0) is 17.4. The summed E-state index contributed by atoms with van der Waals surface area (Å²) < 4.78 is 30.6. The van der Waals surface area contributed by atoms with E-state index in [9.17, 15) is 8.42 Å². The molecule has 0 spiro atoms. The number of hydrogen-bond donors (Lipinski definition) is 2. The summed E-state index contributed by atoms with van der Waals surface area (Å²) in [7, 11) is -3.09. The third-order valence-electron chi connectivity index (χ3n) is 3.88. The third-order valence-corrected chi connectivity index (χ3v) is 5.96. The molecule has 0 amide bonds. The van der Waals surface area contributed by atoms with Crippen molar-refractivity contribution in [1.82, 2.24) is 20.1 Å². The van der Waals surface area contributed by atoms with Crippen LogP contribution in [0.2, 0.25) is 0 Å². The van der Waals surface area contributed by atoms with Crippen LogP contribution in [-0.2, 0) is 16.6 Å². The Hall–Kier alpha value is -1.61. The van der Waals surface area contributed by atoms with Gasteiger partial charge in [-0.15, -0.1) is 0 Å². The summed E-state index contributed by atoms with van der Waals surface area (Å²) in [4.78, 5) is 4.49. The third kappa shape index (κ3) is 5.48. The van der Waals surface area contributed by atoms with Crippen molar-refractivity contribution in [2.24, 2.45) is 4.99 Å². The molecule has 0 radical (unpaired) electrons. The van der Waals surface area contributed by atoms with Gasteiger partial charge in [0.25, 0.3) is 0 Å². The minimum Gasteiger partial charge on any atom is -0.364 e. The zero-order valence-electron chi connectivity index (χ0n) is 14.4. The van der Waals surface area contributed by atoms with Crippen LogP contribution in [0.1, 0.15) is 38.8 Å². The summed E-state index contributed by atoms with van der Waals surface area (Å²) in [6, 6.07) is 2.00. The maximum absolute atomic E-state index is 12.1. The molecule has 1 aliphatic rings. The van der Waals surface area contributed by atoms with Gasteiger partial charge in [0.2, 0.25) is 10.0 Å². The molecular weight excluding hydrogens is 330 g/mol. The lowest BCUT2D eigenvalue weighted by molar-refractivity contribution is 0.306. The van der Waals surface area contributed by atoms with Crippen molar-refractivity contribution in [3.8, 4) is 0 Å². The van der Waals surface area contributed by atoms with Gasteiger partial charge in [0.05, 0.1) is 12.3 Å². The number of aromatic nitrogens is 1. The van der Waals surface area contributed by atoms with E-state index in [1.807, 2.05) is 13.8 Å². The molecule has 9 heteroatoms. The average Bonchev–Trinajstić information content (AvgIpc) is 3.07. The molecular formula is C15H27N5O3S. The van der Waals surface area contributed by atoms with Crippen molar-refractivity contribution in [3.05, 3.63) is 18.0 Å². The van der Waals surface area contributed by atoms with Crippen LogP contribution in [0.3, 0.4) is 0 Å². The first-order chi connectivity index (χ1) is 11.5. The van der Waals surface area contributed by atoms with Gasteiger partial charge in [-0.1, -0.05) is 12.1 Å². The quantitative estimate of drug-likeness (QED) is 0.556. The van der Waals surface area contributed by atoms with E-state index in [4.69, 9.17) is 4.52 Å². The number of nitrogens with one attached hydrogen (secondary N) is 2. The predicted molar refractivity (Wildman–Crippen MR) is 93.1 cm³/mol. The van der Waals surface area contributed by atoms with E-state index in [2.05, 4.69) is 20.8 Å². The lowest BCUT2D eigenvalue weighted by Crippen LogP contribution is -2.50. The number of sulfonamides is 1. The van der Waals surface area contributed by atoms with Crippen LogP contribution in [0.25, 0.3) is 0 Å². The summed E-state index contributed by atoms with van der Waals surface area (Å²) in [5.41, 5.74) is 0.771. The van der Waals surface area contributed by atoms with Gasteiger partial charge < -0.3 is 15.2 Å². The van der Waals surface area contributed by atoms with Gasteiger partial charge in [-0.2, -0.15) is 0 Å². The highest BCUT2D eigenvalue weighted by Crippen LogP contribution is 2.15. The van der Waals surface area contributed by atoms with E-state index in [0.29, 0.717) is 26.1 Å². The number of guanidine groups is 1. The highest BCUT2D eigenvalue weighted by Gasteiger charge is 2.27. The molecule has 1 aromatic rings. The molecule has 2 rings (SSSR count). The lowest BCUT2D eigenvalue weighted by atomic mass is 10.1. The number of aliphatic imine (C=N–C) groups is 1. The SMILES string of the molecule is CCCS(=O)(=O)N1CCC(NC(=NCc2ccon2)NCC)CC1. The predicted octanol–water partition coefficient (Wildman–Crippen LogP) is 0.934. The fraction of sp³-hybridized carbons (Fsp3) is 0.733. The van der Waals surface area contributed by atoms with E-state index < -0.39 is 10.0 Å². The highest BCUT2D eigenvalue weighted by atomic mass is 32.2. The fourth-order valence-corrected chi connectivity index (χ4v) is 4.20. The van der Waals surface area contributed by atoms with Crippen LogP contribution in [0, 0.1) is 0 Å². The number of rotatable bonds is 7. The van der Waals surface area contributed by atoms with Crippen molar-refractivity contribution in [3.63, 3.8) is 0 Å². The average molecular weight is 357 g/mol. The molecule has 0 aromatic carbocycles. The zero-order valence-corrected chi connectivity index (χ0v) is 15.2. The number of hydrogen-bond acceptors (Lipinski definition) is 5. The Kier molecular flexibility index (Phi) is 7.04. The van der Waals surface area contributed by atoms with Crippen LogP contribution < -0.4 is 10.6 Å². The smallest absolute Gasteiger partial charge is 0.214 e. The molecule has 1 aliphatic heterocycles. The van der Waals surface area contributed by atoms with E-state index in [0.717, 1.165) is 31.0 Å². The molecule has 0 aliphatic carbocycles. The molecule has 2 N–H and O–H groups in total. The van der Waals surface area contributed by atoms with Crippen molar-refractivity contribution >= 4 is 16.0 Å². The molecule has 8 nitrogen and oxygen atoms in total. The summed E-state index contributed by atoms with van der Waals surface area (Å²) in [6.45, 7) is 6.21. The van der Waals surface area contributed by atoms with Gasteiger partial charge in [0.1, 0.15) is 12.0 Å². The van der Waals surface area contributed by atoms with Crippen molar-refractivity contribution in [2.45, 2.75) is 45.7 Å². The van der Waals surface area contributed by atoms with E-state index in [-0.39, 0.29) is 11.8 Å². The Labute approximate surface area is 143 Å². The molecule has 0 atom stereocenters. The first-order valence-electron chi connectivity index (χ1n) is 8.47. The highest BCUT2D eigenvalue weighted by molar-refractivity contribution is 7.89. The summed E-state index contributed by atoms with van der Waals surface area (Å²) in [6.07, 6.45) is 3.73. The molecule has 24 heavy (non-hydrogen) atoms. The first kappa shape index (κ1) is 18.7. The molecule has 2 heterocycles. The lowest BCUT2D eigenvalue weighted by Gasteiger charge is -2.32. The Bertz CT molecular complexity index is 607. The topological polar surface area (TPSA) is 99.8 Å². The molecule has 1 fully saturated rings. The summed E-state index contributed by atoms with van der Waals surface area (Å²) in [5.74, 6) is 0.947. The van der Waals surface area contributed by atoms with Gasteiger partial charge in [-0.05, 0) is 26.2 Å². The van der Waals surface area contributed by atoms with Crippen molar-refractivity contribution in [2.75, 3.05) is 25.4 Å². The fourth-order valence-electron chi connectivity index (χ4n) is 2.66. The largest absolute Gasteiger partial charge is 0.364 e. The van der Waals surface area contributed by atoms with Crippen LogP contribution in [0.5, 0.6) is 0 Å². The molecule has 0 unspecified atom stereocenters. The van der Waals surface area contributed by atoms with Gasteiger partial charge in [0.15, 0.2) is 5.96 Å². The van der Waals surface area contributed by atoms with E-state index in [1.54, 1.807) is 10.4 Å². The number of nitrogens with zero attached hydrogens (tertiary/aromatic N) is 3. The Balaban J connectivity index is 1.87. The number of piperidine rings is 1. The standard InChI is InChI=1S/C15H27N5O3S/c1-3-11-24(21,22)20-8-5-13(6-9-20)18-15(16-4-2)17-12-14-7-10-23-19-14/h7,10,13H,3-6,8-9,11-12H2,1-2H3,(H2,16,17,18). The Morgan fingerprint density at radius 1 is 1.42 bits per heavy atom. The second-order valence-electron chi connectivity index (χ2n) is 5.82. The minimum atomic E-state index is -3.09. The van der Waals surface area contributed by atoms with Crippen molar-refractivity contribution < 1.29 is 12.9 Å². The first-order valence-corrected chi connectivity index (χ1v) is 10.1.